The minimum atomic E-state index is 0.557. The lowest BCUT2D eigenvalue weighted by Gasteiger charge is -2.04. The fourth-order valence-electron chi connectivity index (χ4n) is 1.77. The van der Waals surface area contributed by atoms with Crippen molar-refractivity contribution in [1.82, 2.24) is 9.78 Å². The second-order valence-corrected chi connectivity index (χ2v) is 5.38. The summed E-state index contributed by atoms with van der Waals surface area (Å²) in [6.45, 7) is 5.21. The van der Waals surface area contributed by atoms with Gasteiger partial charge in [0.15, 0.2) is 0 Å². The molecule has 0 fully saturated rings. The molecule has 1 heterocycles. The summed E-state index contributed by atoms with van der Waals surface area (Å²) in [6, 6.07) is 7.98. The van der Waals surface area contributed by atoms with E-state index < -0.39 is 0 Å². The molecule has 0 radical (unpaired) electrons. The van der Waals surface area contributed by atoms with Crippen molar-refractivity contribution in [2.24, 2.45) is 5.92 Å². The minimum Gasteiger partial charge on any atom is -0.396 e. The van der Waals surface area contributed by atoms with Gasteiger partial charge in [0, 0.05) is 22.8 Å². The van der Waals surface area contributed by atoms with E-state index >= 15 is 0 Å². The smallest absolute Gasteiger partial charge is 0.116 e. The van der Waals surface area contributed by atoms with Crippen LogP contribution in [0.3, 0.4) is 0 Å². The number of halogens is 1. The Morgan fingerprint density at radius 3 is 2.71 bits per heavy atom. The molecule has 0 spiro atoms. The molecule has 0 bridgehead atoms. The highest BCUT2D eigenvalue weighted by molar-refractivity contribution is 9.10. The van der Waals surface area contributed by atoms with Crippen LogP contribution >= 0.6 is 15.9 Å². The zero-order chi connectivity index (χ0) is 12.4. The van der Waals surface area contributed by atoms with Crippen LogP contribution in [0, 0.1) is 5.92 Å². The van der Waals surface area contributed by atoms with E-state index in [1.54, 1.807) is 0 Å². The number of rotatable bonds is 3. The first-order valence-electron chi connectivity index (χ1n) is 5.65. The fourth-order valence-corrected chi connectivity index (χ4v) is 2.24. The van der Waals surface area contributed by atoms with Gasteiger partial charge in [-0.2, -0.15) is 5.10 Å². The van der Waals surface area contributed by atoms with Gasteiger partial charge in [0.25, 0.3) is 0 Å². The Kier molecular flexibility index (Phi) is 3.52. The SMILES string of the molecule is CC(C)Cn1cc(N)c(-c2ccccc2Br)n1. The maximum absolute atomic E-state index is 6.01. The van der Waals surface area contributed by atoms with Gasteiger partial charge in [-0.05, 0) is 12.0 Å². The summed E-state index contributed by atoms with van der Waals surface area (Å²) in [7, 11) is 0. The molecule has 90 valence electrons. The van der Waals surface area contributed by atoms with Crippen molar-refractivity contribution in [3.05, 3.63) is 34.9 Å². The van der Waals surface area contributed by atoms with E-state index in [1.165, 1.54) is 0 Å². The predicted octanol–water partition coefficient (Wildman–Crippen LogP) is 3.55. The van der Waals surface area contributed by atoms with E-state index in [4.69, 9.17) is 5.73 Å². The molecular formula is C13H16BrN3. The molecule has 1 aromatic heterocycles. The zero-order valence-corrected chi connectivity index (χ0v) is 11.6. The van der Waals surface area contributed by atoms with Crippen molar-refractivity contribution in [2.45, 2.75) is 20.4 Å². The van der Waals surface area contributed by atoms with Gasteiger partial charge in [0.1, 0.15) is 5.69 Å². The van der Waals surface area contributed by atoms with Crippen molar-refractivity contribution in [2.75, 3.05) is 5.73 Å². The molecule has 2 rings (SSSR count). The van der Waals surface area contributed by atoms with Crippen LogP contribution in [0.5, 0.6) is 0 Å². The Bertz CT molecular complexity index is 517. The molecule has 2 N–H and O–H groups in total. The lowest BCUT2D eigenvalue weighted by Crippen LogP contribution is -2.04. The third-order valence-electron chi connectivity index (χ3n) is 2.47. The molecule has 0 unspecified atom stereocenters. The zero-order valence-electron chi connectivity index (χ0n) is 10.0. The van der Waals surface area contributed by atoms with Gasteiger partial charge in [-0.15, -0.1) is 0 Å². The van der Waals surface area contributed by atoms with Crippen molar-refractivity contribution >= 4 is 21.6 Å². The van der Waals surface area contributed by atoms with E-state index in [9.17, 15) is 0 Å². The molecule has 0 saturated carbocycles. The van der Waals surface area contributed by atoms with E-state index in [2.05, 4.69) is 34.9 Å². The summed E-state index contributed by atoms with van der Waals surface area (Å²) >= 11 is 3.52. The van der Waals surface area contributed by atoms with Crippen LogP contribution < -0.4 is 5.73 Å². The number of hydrogen-bond donors (Lipinski definition) is 1. The van der Waals surface area contributed by atoms with Crippen LogP contribution in [0.2, 0.25) is 0 Å². The highest BCUT2D eigenvalue weighted by Crippen LogP contribution is 2.30. The quantitative estimate of drug-likeness (QED) is 0.940. The van der Waals surface area contributed by atoms with Gasteiger partial charge < -0.3 is 5.73 Å². The lowest BCUT2D eigenvalue weighted by atomic mass is 10.1. The van der Waals surface area contributed by atoms with E-state index in [0.29, 0.717) is 5.92 Å². The molecule has 1 aromatic carbocycles. The third kappa shape index (κ3) is 2.69. The summed E-state index contributed by atoms with van der Waals surface area (Å²) < 4.78 is 2.93. The number of nitrogens with two attached hydrogens (primary N) is 1. The first-order chi connectivity index (χ1) is 8.08. The summed E-state index contributed by atoms with van der Waals surface area (Å²) in [6.07, 6.45) is 1.90. The number of nitrogens with zero attached hydrogens (tertiary/aromatic N) is 2. The molecule has 0 saturated heterocycles. The standard InChI is InChI=1S/C13H16BrN3/c1-9(2)7-17-8-12(15)13(16-17)10-5-3-4-6-11(10)14/h3-6,8-9H,7,15H2,1-2H3. The van der Waals surface area contributed by atoms with Crippen LogP contribution in [0.1, 0.15) is 13.8 Å². The monoisotopic (exact) mass is 293 g/mol. The van der Waals surface area contributed by atoms with Crippen LogP contribution in [-0.4, -0.2) is 9.78 Å². The Labute approximate surface area is 110 Å². The van der Waals surface area contributed by atoms with E-state index in [0.717, 1.165) is 28.0 Å². The second-order valence-electron chi connectivity index (χ2n) is 4.53. The molecule has 0 atom stereocenters. The maximum atomic E-state index is 6.01. The number of aromatic nitrogens is 2. The molecule has 2 aromatic rings. The summed E-state index contributed by atoms with van der Waals surface area (Å²) in [5, 5.41) is 4.54. The Balaban J connectivity index is 2.40. The van der Waals surface area contributed by atoms with Gasteiger partial charge in [-0.25, -0.2) is 0 Å². The normalized spacial score (nSPS) is 11.1. The lowest BCUT2D eigenvalue weighted by molar-refractivity contribution is 0.484. The fraction of sp³-hybridized carbons (Fsp3) is 0.308. The second kappa shape index (κ2) is 4.92. The summed E-state index contributed by atoms with van der Waals surface area (Å²) in [5.74, 6) is 0.557. The minimum absolute atomic E-state index is 0.557. The number of anilines is 1. The molecule has 0 aliphatic heterocycles. The van der Waals surface area contributed by atoms with Gasteiger partial charge >= 0.3 is 0 Å². The van der Waals surface area contributed by atoms with Crippen molar-refractivity contribution in [3.63, 3.8) is 0 Å². The van der Waals surface area contributed by atoms with Crippen LogP contribution in [-0.2, 0) is 6.54 Å². The Hall–Kier alpha value is -1.29. The average molecular weight is 294 g/mol. The first kappa shape index (κ1) is 12.2. The molecule has 0 amide bonds. The predicted molar refractivity (Wildman–Crippen MR) is 74.6 cm³/mol. The van der Waals surface area contributed by atoms with Gasteiger partial charge in [-0.3, -0.25) is 4.68 Å². The first-order valence-corrected chi connectivity index (χ1v) is 6.45. The molecule has 0 aliphatic rings. The van der Waals surface area contributed by atoms with Crippen LogP contribution in [0.4, 0.5) is 5.69 Å². The average Bonchev–Trinajstić information content (AvgIpc) is 2.59. The van der Waals surface area contributed by atoms with Gasteiger partial charge in [-0.1, -0.05) is 48.0 Å². The topological polar surface area (TPSA) is 43.8 Å². The molecule has 17 heavy (non-hydrogen) atoms. The summed E-state index contributed by atoms with van der Waals surface area (Å²) in [4.78, 5) is 0. The van der Waals surface area contributed by atoms with Crippen molar-refractivity contribution in [3.8, 4) is 11.3 Å². The number of nitrogen functional groups attached to an aromatic ring is 1. The van der Waals surface area contributed by atoms with Gasteiger partial charge in [0.2, 0.25) is 0 Å². The Morgan fingerprint density at radius 2 is 2.06 bits per heavy atom. The van der Waals surface area contributed by atoms with Crippen LogP contribution in [0.25, 0.3) is 11.3 Å². The molecule has 3 nitrogen and oxygen atoms in total. The molecule has 0 aliphatic carbocycles. The van der Waals surface area contributed by atoms with Crippen LogP contribution in [0.15, 0.2) is 34.9 Å². The molecular weight excluding hydrogens is 278 g/mol. The van der Waals surface area contributed by atoms with Gasteiger partial charge in [0.05, 0.1) is 5.69 Å². The Morgan fingerprint density at radius 1 is 1.35 bits per heavy atom. The van der Waals surface area contributed by atoms with Crippen molar-refractivity contribution < 1.29 is 0 Å². The highest BCUT2D eigenvalue weighted by atomic mass is 79.9. The third-order valence-corrected chi connectivity index (χ3v) is 3.16. The van der Waals surface area contributed by atoms with Crippen molar-refractivity contribution in [1.29, 1.82) is 0 Å². The van der Waals surface area contributed by atoms with E-state index in [1.807, 2.05) is 35.1 Å². The largest absolute Gasteiger partial charge is 0.396 e. The highest BCUT2D eigenvalue weighted by Gasteiger charge is 2.11. The molecule has 4 heteroatoms. The number of hydrogen-bond acceptors (Lipinski definition) is 2. The number of benzene rings is 1. The van der Waals surface area contributed by atoms with E-state index in [-0.39, 0.29) is 0 Å². The maximum Gasteiger partial charge on any atom is 0.116 e. The summed E-state index contributed by atoms with van der Waals surface area (Å²) in [5.41, 5.74) is 8.61.